The molecule has 5 rings (SSSR count). The topological polar surface area (TPSA) is 63.6 Å². The Labute approximate surface area is 200 Å². The van der Waals surface area contributed by atoms with Crippen LogP contribution in [-0.2, 0) is 22.5 Å². The summed E-state index contributed by atoms with van der Waals surface area (Å²) in [5, 5.41) is 3.33. The molecular weight excluding hydrogens is 434 g/mol. The molecule has 33 heavy (non-hydrogen) atoms. The molecule has 4 heterocycles. The summed E-state index contributed by atoms with van der Waals surface area (Å²) < 4.78 is 9.07. The maximum atomic E-state index is 13.9. The number of hydrogen-bond acceptors (Lipinski definition) is 4. The van der Waals surface area contributed by atoms with E-state index in [1.807, 2.05) is 26.0 Å². The van der Waals surface area contributed by atoms with Gasteiger partial charge in [-0.1, -0.05) is 13.8 Å². The van der Waals surface area contributed by atoms with Gasteiger partial charge in [0.2, 0.25) is 5.91 Å². The van der Waals surface area contributed by atoms with Crippen LogP contribution in [0.15, 0.2) is 24.5 Å². The molecule has 2 unspecified atom stereocenters. The first-order valence-corrected chi connectivity index (χ1v) is 13.1. The van der Waals surface area contributed by atoms with Gasteiger partial charge in [0.25, 0.3) is 5.91 Å². The van der Waals surface area contributed by atoms with Gasteiger partial charge in [0.05, 0.1) is 29.6 Å². The van der Waals surface area contributed by atoms with Crippen LogP contribution in [0.2, 0.25) is 0 Å². The molecule has 0 saturated heterocycles. The summed E-state index contributed by atoms with van der Waals surface area (Å²) in [7, 11) is 0. The molecule has 6 nitrogen and oxygen atoms in total. The van der Waals surface area contributed by atoms with Crippen LogP contribution < -0.4 is 5.32 Å². The maximum absolute atomic E-state index is 13.9. The van der Waals surface area contributed by atoms with Crippen molar-refractivity contribution in [3.63, 3.8) is 0 Å². The van der Waals surface area contributed by atoms with Gasteiger partial charge in [-0.05, 0) is 70.1 Å². The lowest BCUT2D eigenvalue weighted by molar-refractivity contribution is -0.135. The molecule has 0 radical (unpaired) electrons. The van der Waals surface area contributed by atoms with E-state index in [-0.39, 0.29) is 17.9 Å². The normalized spacial score (nSPS) is 31.6. The minimum atomic E-state index is -0.984. The van der Waals surface area contributed by atoms with E-state index < -0.39 is 11.1 Å². The van der Waals surface area contributed by atoms with E-state index in [1.54, 1.807) is 22.5 Å². The minimum Gasteiger partial charge on any atom is -0.493 e. The molecule has 7 heteroatoms. The fourth-order valence-electron chi connectivity index (χ4n) is 5.55. The predicted octanol–water partition coefficient (Wildman–Crippen LogP) is 4.87. The number of amides is 2. The van der Waals surface area contributed by atoms with Crippen LogP contribution in [0.5, 0.6) is 0 Å². The first kappa shape index (κ1) is 22.5. The van der Waals surface area contributed by atoms with Crippen molar-refractivity contribution in [3.05, 3.63) is 35.0 Å². The number of carbonyl (C=O) groups is 2. The highest BCUT2D eigenvalue weighted by Crippen LogP contribution is 2.38. The van der Waals surface area contributed by atoms with E-state index in [1.165, 1.54) is 4.88 Å². The third-order valence-electron chi connectivity index (χ3n) is 7.85. The zero-order valence-electron chi connectivity index (χ0n) is 20.1. The molecule has 3 aliphatic rings. The van der Waals surface area contributed by atoms with Crippen LogP contribution in [0.4, 0.5) is 0 Å². The highest BCUT2D eigenvalue weighted by molar-refractivity contribution is 7.19. The SMILES string of the molecule is CCc1cc2c(cc3n2CC(C)(C(=O)NC2CCC(C)CC2)N(CC2(C)CC=CO2)C3=O)s1. The Morgan fingerprint density at radius 1 is 1.24 bits per heavy atom. The highest BCUT2D eigenvalue weighted by atomic mass is 32.1. The maximum Gasteiger partial charge on any atom is 0.271 e. The van der Waals surface area contributed by atoms with Gasteiger partial charge in [-0.2, -0.15) is 0 Å². The zero-order valence-corrected chi connectivity index (χ0v) is 21.0. The summed E-state index contributed by atoms with van der Waals surface area (Å²) in [5.41, 5.74) is 0.238. The van der Waals surface area contributed by atoms with Gasteiger partial charge in [-0.25, -0.2) is 0 Å². The van der Waals surface area contributed by atoms with E-state index in [9.17, 15) is 9.59 Å². The Morgan fingerprint density at radius 2 is 2.00 bits per heavy atom. The van der Waals surface area contributed by atoms with Gasteiger partial charge < -0.3 is 19.5 Å². The van der Waals surface area contributed by atoms with Gasteiger partial charge in [-0.15, -0.1) is 11.3 Å². The Hall–Kier alpha value is -2.28. The lowest BCUT2D eigenvalue weighted by Crippen LogP contribution is -2.67. The summed E-state index contributed by atoms with van der Waals surface area (Å²) >= 11 is 1.74. The van der Waals surface area contributed by atoms with Crippen LogP contribution in [-0.4, -0.2) is 45.0 Å². The second kappa shape index (κ2) is 8.19. The molecule has 1 aliphatic carbocycles. The summed E-state index contributed by atoms with van der Waals surface area (Å²) in [4.78, 5) is 30.8. The number of thiophene rings is 1. The molecule has 2 aromatic rings. The van der Waals surface area contributed by atoms with E-state index in [2.05, 4.69) is 29.8 Å². The lowest BCUT2D eigenvalue weighted by atomic mass is 9.86. The van der Waals surface area contributed by atoms with Crippen molar-refractivity contribution in [2.24, 2.45) is 5.92 Å². The van der Waals surface area contributed by atoms with Gasteiger partial charge >= 0.3 is 0 Å². The standard InChI is InChI=1S/C26H35N3O3S/c1-5-19-13-20-22(33-19)14-21-23(30)29(15-25(3)11-6-12-32-25)26(4,16-28(20)21)24(31)27-18-9-7-17(2)8-10-18/h6,12-14,17-18H,5,7-11,15-16H2,1-4H3,(H,27,31). The average molecular weight is 470 g/mol. The van der Waals surface area contributed by atoms with Crippen molar-refractivity contribution in [3.8, 4) is 0 Å². The number of aryl methyl sites for hydroxylation is 1. The summed E-state index contributed by atoms with van der Waals surface area (Å²) in [5.74, 6) is 0.577. The third-order valence-corrected chi connectivity index (χ3v) is 9.06. The smallest absolute Gasteiger partial charge is 0.271 e. The van der Waals surface area contributed by atoms with Gasteiger partial charge in [0, 0.05) is 17.3 Å². The number of ether oxygens (including phenoxy) is 1. The monoisotopic (exact) mass is 469 g/mol. The number of fused-ring (bicyclic) bond motifs is 3. The minimum absolute atomic E-state index is 0.0524. The van der Waals surface area contributed by atoms with Crippen molar-refractivity contribution >= 4 is 33.4 Å². The number of carbonyl (C=O) groups excluding carboxylic acids is 2. The molecule has 1 N–H and O–H groups in total. The number of aromatic nitrogens is 1. The van der Waals surface area contributed by atoms with Gasteiger partial charge in [0.15, 0.2) is 0 Å². The number of nitrogens with one attached hydrogen (secondary N) is 1. The molecular formula is C26H35N3O3S. The second-order valence-corrected chi connectivity index (χ2v) is 11.8. The largest absolute Gasteiger partial charge is 0.493 e. The zero-order chi connectivity index (χ0) is 23.4. The van der Waals surface area contributed by atoms with Crippen LogP contribution >= 0.6 is 11.3 Å². The quantitative estimate of drug-likeness (QED) is 0.680. The fourth-order valence-corrected chi connectivity index (χ4v) is 6.59. The van der Waals surface area contributed by atoms with Crippen LogP contribution in [0.25, 0.3) is 10.2 Å². The first-order valence-electron chi connectivity index (χ1n) is 12.3. The van der Waals surface area contributed by atoms with E-state index in [0.29, 0.717) is 18.8 Å². The summed E-state index contributed by atoms with van der Waals surface area (Å²) in [6.45, 7) is 9.20. The van der Waals surface area contributed by atoms with Crippen molar-refractivity contribution in [2.45, 2.75) is 89.9 Å². The van der Waals surface area contributed by atoms with Crippen LogP contribution in [0.3, 0.4) is 0 Å². The van der Waals surface area contributed by atoms with Crippen molar-refractivity contribution < 1.29 is 14.3 Å². The highest BCUT2D eigenvalue weighted by Gasteiger charge is 2.50. The Kier molecular flexibility index (Phi) is 5.58. The third kappa shape index (κ3) is 3.88. The van der Waals surface area contributed by atoms with Crippen molar-refractivity contribution in [1.29, 1.82) is 0 Å². The van der Waals surface area contributed by atoms with Gasteiger partial charge in [0.1, 0.15) is 16.8 Å². The second-order valence-electron chi connectivity index (χ2n) is 10.7. The van der Waals surface area contributed by atoms with Gasteiger partial charge in [-0.3, -0.25) is 9.59 Å². The number of nitrogens with zero attached hydrogens (tertiary/aromatic N) is 2. The molecule has 2 amide bonds. The molecule has 178 valence electrons. The molecule has 1 saturated carbocycles. The average Bonchev–Trinajstić information content (AvgIpc) is 3.48. The van der Waals surface area contributed by atoms with Crippen molar-refractivity contribution in [2.75, 3.05) is 6.54 Å². The van der Waals surface area contributed by atoms with Crippen LogP contribution in [0, 0.1) is 5.92 Å². The Morgan fingerprint density at radius 3 is 2.67 bits per heavy atom. The molecule has 0 aromatic carbocycles. The first-order chi connectivity index (χ1) is 15.7. The molecule has 1 fully saturated rings. The van der Waals surface area contributed by atoms with E-state index in [4.69, 9.17) is 4.74 Å². The van der Waals surface area contributed by atoms with E-state index in [0.717, 1.165) is 54.7 Å². The molecule has 2 atom stereocenters. The number of hydrogen-bond donors (Lipinski definition) is 1. The fraction of sp³-hybridized carbons (Fsp3) is 0.615. The molecule has 0 bridgehead atoms. The van der Waals surface area contributed by atoms with Crippen molar-refractivity contribution in [1.82, 2.24) is 14.8 Å². The molecule has 2 aliphatic heterocycles. The Balaban J connectivity index is 1.50. The van der Waals surface area contributed by atoms with Crippen LogP contribution in [0.1, 0.15) is 75.2 Å². The molecule has 0 spiro atoms. The Bertz CT molecular complexity index is 1100. The number of rotatable bonds is 5. The molecule has 2 aromatic heterocycles. The lowest BCUT2D eigenvalue weighted by Gasteiger charge is -2.47. The predicted molar refractivity (Wildman–Crippen MR) is 131 cm³/mol. The summed E-state index contributed by atoms with van der Waals surface area (Å²) in [6, 6.07) is 4.37. The van der Waals surface area contributed by atoms with E-state index >= 15 is 0 Å². The summed E-state index contributed by atoms with van der Waals surface area (Å²) in [6.07, 6.45) is 9.67.